The Morgan fingerprint density at radius 2 is 1.52 bits per heavy atom. The van der Waals surface area contributed by atoms with Crippen LogP contribution in [0.25, 0.3) is 44.2 Å². The average Bonchev–Trinajstić information content (AvgIpc) is 4.15. The quantitative estimate of drug-likeness (QED) is 0.106. The van der Waals surface area contributed by atoms with Gasteiger partial charge in [0.05, 0.1) is 49.2 Å². The van der Waals surface area contributed by atoms with Gasteiger partial charge in [-0.05, 0) is 83.7 Å². The van der Waals surface area contributed by atoms with E-state index < -0.39 is 24.3 Å². The molecule has 6 atom stereocenters. The Kier molecular flexibility index (Phi) is 11.8. The van der Waals surface area contributed by atoms with Crippen molar-refractivity contribution in [2.24, 2.45) is 11.8 Å². The molecule has 322 valence electrons. The summed E-state index contributed by atoms with van der Waals surface area (Å²) in [5.74, 6) is 1.33. The number of aromatic amines is 2. The third-order valence-corrected chi connectivity index (χ3v) is 12.8. The molecule has 3 fully saturated rings. The van der Waals surface area contributed by atoms with Crippen molar-refractivity contribution in [3.8, 4) is 22.4 Å². The number of carbonyl (C=O) groups excluding carboxylic acids is 4. The molecule has 0 radical (unpaired) electrons. The van der Waals surface area contributed by atoms with Crippen molar-refractivity contribution in [2.75, 3.05) is 20.8 Å². The highest BCUT2D eigenvalue weighted by Gasteiger charge is 2.51. The van der Waals surface area contributed by atoms with Crippen molar-refractivity contribution in [2.45, 2.75) is 83.6 Å². The summed E-state index contributed by atoms with van der Waals surface area (Å²) in [6, 6.07) is 26.2. The molecule has 1 aliphatic carbocycles. The van der Waals surface area contributed by atoms with Gasteiger partial charge in [-0.3, -0.25) is 9.59 Å². The molecule has 62 heavy (non-hydrogen) atoms. The number of benzene rings is 4. The highest BCUT2D eigenvalue weighted by molar-refractivity contribution is 6.05. The fourth-order valence-corrected chi connectivity index (χ4v) is 9.74. The van der Waals surface area contributed by atoms with Gasteiger partial charge in [0.2, 0.25) is 5.91 Å². The molecule has 4 heterocycles. The molecule has 14 nitrogen and oxygen atoms in total. The molecule has 14 heteroatoms. The van der Waals surface area contributed by atoms with Gasteiger partial charge in [0.15, 0.2) is 0 Å². The van der Waals surface area contributed by atoms with Gasteiger partial charge >= 0.3 is 12.2 Å². The summed E-state index contributed by atoms with van der Waals surface area (Å²) >= 11 is 0. The summed E-state index contributed by atoms with van der Waals surface area (Å²) in [5, 5.41) is 7.55. The number of likely N-dealkylation sites (tertiary alicyclic amines) is 2. The van der Waals surface area contributed by atoms with Crippen molar-refractivity contribution < 1.29 is 28.7 Å². The third kappa shape index (κ3) is 7.73. The van der Waals surface area contributed by atoms with Crippen molar-refractivity contribution >= 4 is 45.8 Å². The Morgan fingerprint density at radius 3 is 2.26 bits per heavy atom. The molecular formula is C48H54N8O6. The average molecular weight is 839 g/mol. The Bertz CT molecular complexity index is 2600. The van der Waals surface area contributed by atoms with E-state index in [0.717, 1.165) is 87.9 Å². The number of alkyl carbamates (subject to hydrolysis) is 2. The number of hydrogen-bond donors (Lipinski definition) is 4. The fourth-order valence-electron chi connectivity index (χ4n) is 9.74. The van der Waals surface area contributed by atoms with Gasteiger partial charge in [0, 0.05) is 18.0 Å². The number of rotatable bonds is 10. The van der Waals surface area contributed by atoms with Crippen LogP contribution in [0.5, 0.6) is 0 Å². The number of nitrogens with one attached hydrogen (secondary N) is 4. The molecule has 1 saturated carbocycles. The summed E-state index contributed by atoms with van der Waals surface area (Å²) in [6.07, 6.45) is 5.00. The number of nitrogens with zero attached hydrogens (tertiary/aromatic N) is 4. The lowest BCUT2D eigenvalue weighted by atomic mass is 9.96. The maximum Gasteiger partial charge on any atom is 0.407 e. The van der Waals surface area contributed by atoms with Gasteiger partial charge in [0.1, 0.15) is 23.7 Å². The molecule has 6 aromatic rings. The summed E-state index contributed by atoms with van der Waals surface area (Å²) in [4.78, 5) is 73.2. The second-order valence-electron chi connectivity index (χ2n) is 16.7. The van der Waals surface area contributed by atoms with Gasteiger partial charge in [-0.25, -0.2) is 19.6 Å². The van der Waals surface area contributed by atoms with Gasteiger partial charge in [-0.15, -0.1) is 0 Å². The standard InChI is InChI=1S/C47H50N8O6.CH4/c1-26(2)38(52-46(58)60-3)44(56)54-22-8-11-37(54)42-49-35-21-18-31-23-30(17-20-34(31)40(35)51-42)27-12-14-28(15-13-27)36-25-48-43(50-36)41-32-16-19-33(24-32)55(41)45(57)39(53-47(59)61-4)29-9-6-5-7-10-29;/h5-7,9-10,12-15,17-18,20-21,23,25-26,32-33,37-39,41H,8,11,16,19,22,24H2,1-4H3,(H,48,50)(H,49,51)(H,52,58)(H,53,59);1H4/t32-,33+,37-,38-,39+,41-;/m0./s1. The molecule has 2 aromatic heterocycles. The van der Waals surface area contributed by atoms with E-state index in [1.165, 1.54) is 14.2 Å². The first-order valence-electron chi connectivity index (χ1n) is 21.1. The number of H-pyrrole nitrogens is 2. The molecular weight excluding hydrogens is 785 g/mol. The molecule has 0 spiro atoms. The smallest absolute Gasteiger partial charge is 0.407 e. The lowest BCUT2D eigenvalue weighted by Gasteiger charge is -2.36. The number of amides is 4. The summed E-state index contributed by atoms with van der Waals surface area (Å²) in [7, 11) is 2.59. The maximum atomic E-state index is 14.3. The van der Waals surface area contributed by atoms with E-state index in [0.29, 0.717) is 12.1 Å². The SMILES string of the molecule is C.COC(=O)N[C@H](C(=O)N1CCC[C@H]1c1nc2c(ccc3cc(-c4ccc(-c5cnc([C@@H]6[C@H]7CC[C@H](C7)N6C(=O)[C@H](NC(=O)OC)c6ccccc6)[nH]5)cc4)ccc32)[nH]1)C(C)C. The Balaban J connectivity index is 0.00000529. The topological polar surface area (TPSA) is 175 Å². The van der Waals surface area contributed by atoms with Crippen LogP contribution in [0, 0.1) is 11.8 Å². The van der Waals surface area contributed by atoms with Crippen molar-refractivity contribution in [1.29, 1.82) is 0 Å². The Morgan fingerprint density at radius 1 is 0.790 bits per heavy atom. The second kappa shape index (κ2) is 17.3. The number of imidazole rings is 2. The fraction of sp³-hybridized carbons (Fsp3) is 0.375. The zero-order valence-corrected chi connectivity index (χ0v) is 34.7. The molecule has 9 rings (SSSR count). The van der Waals surface area contributed by atoms with Crippen molar-refractivity contribution in [3.05, 3.63) is 108 Å². The molecule has 2 aliphatic heterocycles. The lowest BCUT2D eigenvalue weighted by Crippen LogP contribution is -2.51. The van der Waals surface area contributed by atoms with E-state index in [4.69, 9.17) is 19.4 Å². The van der Waals surface area contributed by atoms with E-state index >= 15 is 0 Å². The van der Waals surface area contributed by atoms with Crippen LogP contribution >= 0.6 is 0 Å². The first kappa shape index (κ1) is 42.0. The molecule has 2 bridgehead atoms. The number of piperidine rings is 1. The number of hydrogen-bond acceptors (Lipinski definition) is 8. The third-order valence-electron chi connectivity index (χ3n) is 12.8. The van der Waals surface area contributed by atoms with Crippen LogP contribution in [0.4, 0.5) is 9.59 Å². The van der Waals surface area contributed by atoms with E-state index in [2.05, 4.69) is 69.1 Å². The second-order valence-corrected chi connectivity index (χ2v) is 16.7. The highest BCUT2D eigenvalue weighted by atomic mass is 16.5. The number of ether oxygens (including phenoxy) is 2. The van der Waals surface area contributed by atoms with Crippen LogP contribution in [0.3, 0.4) is 0 Å². The maximum absolute atomic E-state index is 14.3. The van der Waals surface area contributed by atoms with E-state index in [1.807, 2.05) is 66.2 Å². The van der Waals surface area contributed by atoms with Crippen LogP contribution < -0.4 is 10.6 Å². The van der Waals surface area contributed by atoms with E-state index in [9.17, 15) is 19.2 Å². The molecule has 4 aromatic carbocycles. The van der Waals surface area contributed by atoms with E-state index in [1.54, 1.807) is 0 Å². The number of fused-ring (bicyclic) bond motifs is 5. The van der Waals surface area contributed by atoms with Crippen LogP contribution in [0.1, 0.15) is 88.7 Å². The minimum absolute atomic E-state index is 0. The molecule has 4 N–H and O–H groups in total. The Hall–Kier alpha value is -6.70. The van der Waals surface area contributed by atoms with Gasteiger partial charge < -0.3 is 39.9 Å². The largest absolute Gasteiger partial charge is 0.453 e. The predicted molar refractivity (Wildman–Crippen MR) is 237 cm³/mol. The van der Waals surface area contributed by atoms with Crippen molar-refractivity contribution in [3.63, 3.8) is 0 Å². The molecule has 0 unspecified atom stereocenters. The summed E-state index contributed by atoms with van der Waals surface area (Å²) in [6.45, 7) is 4.40. The summed E-state index contributed by atoms with van der Waals surface area (Å²) in [5.41, 5.74) is 6.41. The van der Waals surface area contributed by atoms with Gasteiger partial charge in [0.25, 0.3) is 5.91 Å². The van der Waals surface area contributed by atoms with Gasteiger partial charge in [-0.2, -0.15) is 0 Å². The Labute approximate surface area is 360 Å². The monoisotopic (exact) mass is 838 g/mol. The zero-order valence-electron chi connectivity index (χ0n) is 34.7. The van der Waals surface area contributed by atoms with Crippen LogP contribution in [0.15, 0.2) is 91.1 Å². The minimum atomic E-state index is -0.877. The number of methoxy groups -OCH3 is 2. The molecule has 2 saturated heterocycles. The molecule has 3 aliphatic rings. The number of aromatic nitrogens is 4. The van der Waals surface area contributed by atoms with Gasteiger partial charge in [-0.1, -0.05) is 94.1 Å². The first-order valence-corrected chi connectivity index (χ1v) is 21.1. The lowest BCUT2D eigenvalue weighted by molar-refractivity contribution is -0.138. The van der Waals surface area contributed by atoms with Crippen molar-refractivity contribution in [1.82, 2.24) is 40.4 Å². The zero-order chi connectivity index (χ0) is 42.4. The van der Waals surface area contributed by atoms with Crippen LogP contribution in [0.2, 0.25) is 0 Å². The van der Waals surface area contributed by atoms with Crippen LogP contribution in [-0.4, -0.2) is 86.6 Å². The van der Waals surface area contributed by atoms with Crippen LogP contribution in [-0.2, 0) is 19.1 Å². The minimum Gasteiger partial charge on any atom is -0.453 e. The normalized spacial score (nSPS) is 20.3. The summed E-state index contributed by atoms with van der Waals surface area (Å²) < 4.78 is 9.69. The highest BCUT2D eigenvalue weighted by Crippen LogP contribution is 2.50. The predicted octanol–water partition coefficient (Wildman–Crippen LogP) is 8.60. The number of carbonyl (C=O) groups is 4. The van der Waals surface area contributed by atoms with E-state index in [-0.39, 0.29) is 49.2 Å². The first-order chi connectivity index (χ1) is 29.6. The molecule has 4 amide bonds.